The number of rotatable bonds is 3. The number of nitrogens with zero attached hydrogens (tertiary/aromatic N) is 1. The van der Waals surface area contributed by atoms with Gasteiger partial charge in [0, 0.05) is 17.5 Å². The Hall–Kier alpha value is -3.48. The third-order valence-electron chi connectivity index (χ3n) is 4.22. The van der Waals surface area contributed by atoms with Crippen molar-refractivity contribution in [3.63, 3.8) is 0 Å². The molecule has 1 aliphatic heterocycles. The van der Waals surface area contributed by atoms with Crippen LogP contribution >= 0.6 is 0 Å². The maximum Gasteiger partial charge on any atom is 0.252 e. The van der Waals surface area contributed by atoms with Crippen molar-refractivity contribution in [2.75, 3.05) is 0 Å². The number of aromatic nitrogens is 1. The average molecular weight is 349 g/mol. The lowest BCUT2D eigenvalue weighted by atomic mass is 10.1. The topological polar surface area (TPSA) is 101 Å². The second kappa shape index (κ2) is 6.44. The molecule has 0 bridgehead atoms. The van der Waals surface area contributed by atoms with E-state index in [4.69, 9.17) is 4.42 Å². The van der Waals surface area contributed by atoms with Gasteiger partial charge in [0.2, 0.25) is 17.7 Å². The standard InChI is InChI=1S/C19H15N3O4/c23-16-9-7-13(18(25)22-16)20-17(24)12-6-8-15-14(10-12)21-19(26-15)11-4-2-1-3-5-11/h1-6,8,10,13H,7,9H2,(H,20,24)(H,22,23,25). The number of fused-ring (bicyclic) bond motifs is 1. The van der Waals surface area contributed by atoms with Crippen molar-refractivity contribution >= 4 is 28.8 Å². The SMILES string of the molecule is O=C1CCC(NC(=O)c2ccc3oc(-c4ccccc4)nc3c2)C(=O)N1. The Morgan fingerprint density at radius 3 is 2.73 bits per heavy atom. The summed E-state index contributed by atoms with van der Waals surface area (Å²) in [6.07, 6.45) is 0.500. The number of oxazole rings is 1. The molecule has 7 nitrogen and oxygen atoms in total. The molecule has 2 heterocycles. The van der Waals surface area contributed by atoms with E-state index in [0.29, 0.717) is 29.0 Å². The molecule has 26 heavy (non-hydrogen) atoms. The minimum atomic E-state index is -0.715. The zero-order valence-electron chi connectivity index (χ0n) is 13.7. The van der Waals surface area contributed by atoms with Crippen molar-refractivity contribution in [3.05, 3.63) is 54.1 Å². The maximum absolute atomic E-state index is 12.4. The van der Waals surface area contributed by atoms with E-state index in [9.17, 15) is 14.4 Å². The number of piperidine rings is 1. The summed E-state index contributed by atoms with van der Waals surface area (Å²) in [6, 6.07) is 13.7. The molecule has 4 rings (SSSR count). The lowest BCUT2D eigenvalue weighted by Gasteiger charge is -2.21. The van der Waals surface area contributed by atoms with E-state index in [0.717, 1.165) is 5.56 Å². The molecule has 1 aliphatic rings. The average Bonchev–Trinajstić information content (AvgIpc) is 3.08. The van der Waals surface area contributed by atoms with Gasteiger partial charge >= 0.3 is 0 Å². The normalized spacial score (nSPS) is 17.2. The van der Waals surface area contributed by atoms with E-state index in [1.54, 1.807) is 18.2 Å². The van der Waals surface area contributed by atoms with E-state index in [-0.39, 0.29) is 12.3 Å². The molecule has 7 heteroatoms. The van der Waals surface area contributed by atoms with E-state index in [1.165, 1.54) is 0 Å². The first-order valence-corrected chi connectivity index (χ1v) is 8.21. The lowest BCUT2D eigenvalue weighted by Crippen LogP contribution is -2.52. The summed E-state index contributed by atoms with van der Waals surface area (Å²) >= 11 is 0. The molecule has 2 aromatic carbocycles. The molecule has 0 radical (unpaired) electrons. The molecule has 3 amide bonds. The maximum atomic E-state index is 12.4. The summed E-state index contributed by atoms with van der Waals surface area (Å²) in [4.78, 5) is 39.8. The lowest BCUT2D eigenvalue weighted by molar-refractivity contribution is -0.134. The third-order valence-corrected chi connectivity index (χ3v) is 4.22. The summed E-state index contributed by atoms with van der Waals surface area (Å²) in [5.74, 6) is -0.726. The van der Waals surface area contributed by atoms with Crippen LogP contribution in [0.2, 0.25) is 0 Å². The van der Waals surface area contributed by atoms with Crippen molar-refractivity contribution < 1.29 is 18.8 Å². The summed E-state index contributed by atoms with van der Waals surface area (Å²) in [5, 5.41) is 4.86. The van der Waals surface area contributed by atoms with Gasteiger partial charge in [0.25, 0.3) is 5.91 Å². The Balaban J connectivity index is 1.56. The van der Waals surface area contributed by atoms with Gasteiger partial charge in [0.1, 0.15) is 11.6 Å². The second-order valence-corrected chi connectivity index (χ2v) is 6.04. The van der Waals surface area contributed by atoms with Crippen molar-refractivity contribution in [2.24, 2.45) is 0 Å². The van der Waals surface area contributed by atoms with Crippen LogP contribution in [0.4, 0.5) is 0 Å². The Labute approximate surface area is 148 Å². The minimum Gasteiger partial charge on any atom is -0.436 e. The molecule has 1 saturated heterocycles. The molecule has 3 aromatic rings. The van der Waals surface area contributed by atoms with Gasteiger partial charge in [-0.2, -0.15) is 0 Å². The highest BCUT2D eigenvalue weighted by molar-refractivity contribution is 6.04. The van der Waals surface area contributed by atoms with Gasteiger partial charge in [-0.05, 0) is 36.8 Å². The van der Waals surface area contributed by atoms with Crippen LogP contribution in [0.3, 0.4) is 0 Å². The number of hydrogen-bond donors (Lipinski definition) is 2. The number of carbonyl (C=O) groups excluding carboxylic acids is 3. The molecule has 0 spiro atoms. The fourth-order valence-electron chi connectivity index (χ4n) is 2.85. The Kier molecular flexibility index (Phi) is 3.96. The van der Waals surface area contributed by atoms with Gasteiger partial charge in [0.15, 0.2) is 5.58 Å². The van der Waals surface area contributed by atoms with Crippen LogP contribution in [0, 0.1) is 0 Å². The minimum absolute atomic E-state index is 0.208. The highest BCUT2D eigenvalue weighted by Crippen LogP contribution is 2.24. The Morgan fingerprint density at radius 2 is 1.96 bits per heavy atom. The van der Waals surface area contributed by atoms with Crippen LogP contribution in [0.1, 0.15) is 23.2 Å². The highest BCUT2D eigenvalue weighted by Gasteiger charge is 2.28. The van der Waals surface area contributed by atoms with Crippen LogP contribution in [0.25, 0.3) is 22.6 Å². The Morgan fingerprint density at radius 1 is 1.15 bits per heavy atom. The summed E-state index contributed by atoms with van der Waals surface area (Å²) in [5.41, 5.74) is 2.34. The van der Waals surface area contributed by atoms with E-state index in [2.05, 4.69) is 15.6 Å². The van der Waals surface area contributed by atoms with Gasteiger partial charge in [-0.15, -0.1) is 0 Å². The van der Waals surface area contributed by atoms with E-state index in [1.807, 2.05) is 30.3 Å². The molecule has 1 atom stereocenters. The number of nitrogens with one attached hydrogen (secondary N) is 2. The van der Waals surface area contributed by atoms with E-state index < -0.39 is 17.9 Å². The molecule has 0 saturated carbocycles. The third kappa shape index (κ3) is 3.06. The molecule has 1 fully saturated rings. The summed E-state index contributed by atoms with van der Waals surface area (Å²) in [6.45, 7) is 0. The number of imide groups is 1. The fourth-order valence-corrected chi connectivity index (χ4v) is 2.85. The predicted octanol–water partition coefficient (Wildman–Crippen LogP) is 2.03. The number of benzene rings is 2. The van der Waals surface area contributed by atoms with Crippen LogP contribution in [-0.2, 0) is 9.59 Å². The van der Waals surface area contributed by atoms with Crippen molar-refractivity contribution in [1.82, 2.24) is 15.6 Å². The fraction of sp³-hybridized carbons (Fsp3) is 0.158. The zero-order chi connectivity index (χ0) is 18.1. The van der Waals surface area contributed by atoms with Gasteiger partial charge in [0.05, 0.1) is 0 Å². The number of amides is 3. The van der Waals surface area contributed by atoms with Crippen molar-refractivity contribution in [3.8, 4) is 11.5 Å². The number of carbonyl (C=O) groups is 3. The summed E-state index contributed by atoms with van der Waals surface area (Å²) in [7, 11) is 0. The molecule has 1 unspecified atom stereocenters. The smallest absolute Gasteiger partial charge is 0.252 e. The molecular formula is C19H15N3O4. The quantitative estimate of drug-likeness (QED) is 0.705. The van der Waals surface area contributed by atoms with Gasteiger partial charge in [-0.1, -0.05) is 18.2 Å². The van der Waals surface area contributed by atoms with E-state index >= 15 is 0 Å². The van der Waals surface area contributed by atoms with Gasteiger partial charge in [-0.25, -0.2) is 4.98 Å². The van der Waals surface area contributed by atoms with Crippen molar-refractivity contribution in [1.29, 1.82) is 0 Å². The molecular weight excluding hydrogens is 334 g/mol. The molecule has 2 N–H and O–H groups in total. The van der Waals surface area contributed by atoms with Crippen LogP contribution in [-0.4, -0.2) is 28.7 Å². The first kappa shape index (κ1) is 16.0. The first-order valence-electron chi connectivity index (χ1n) is 8.21. The van der Waals surface area contributed by atoms with Gasteiger partial charge in [-0.3, -0.25) is 19.7 Å². The summed E-state index contributed by atoms with van der Waals surface area (Å²) < 4.78 is 5.72. The first-order chi connectivity index (χ1) is 12.6. The Bertz CT molecular complexity index is 1010. The molecule has 0 aliphatic carbocycles. The van der Waals surface area contributed by atoms with Crippen LogP contribution in [0.5, 0.6) is 0 Å². The van der Waals surface area contributed by atoms with Crippen LogP contribution < -0.4 is 10.6 Å². The number of hydrogen-bond acceptors (Lipinski definition) is 5. The zero-order valence-corrected chi connectivity index (χ0v) is 13.7. The largest absolute Gasteiger partial charge is 0.436 e. The monoisotopic (exact) mass is 349 g/mol. The van der Waals surface area contributed by atoms with Crippen molar-refractivity contribution in [2.45, 2.75) is 18.9 Å². The van der Waals surface area contributed by atoms with Gasteiger partial charge < -0.3 is 9.73 Å². The molecule has 1 aromatic heterocycles. The molecule has 130 valence electrons. The second-order valence-electron chi connectivity index (χ2n) is 6.04. The van der Waals surface area contributed by atoms with Crippen LogP contribution in [0.15, 0.2) is 52.9 Å². The predicted molar refractivity (Wildman–Crippen MR) is 93.1 cm³/mol. The highest BCUT2D eigenvalue weighted by atomic mass is 16.3.